The van der Waals surface area contributed by atoms with Crippen LogP contribution in [0.25, 0.3) is 0 Å². The molecule has 2 heterocycles. The third-order valence-electron chi connectivity index (χ3n) is 1.72. The molecule has 0 aliphatic heterocycles. The number of hydrogen-bond donors (Lipinski definition) is 4. The minimum Gasteiger partial charge on any atom is -0.550 e. The summed E-state index contributed by atoms with van der Waals surface area (Å²) in [6, 6.07) is 0. The fourth-order valence-corrected chi connectivity index (χ4v) is 1.37. The van der Waals surface area contributed by atoms with E-state index in [0.29, 0.717) is 0 Å². The molecule has 14 heteroatoms. The predicted molar refractivity (Wildman–Crippen MR) is 65.0 cm³/mol. The van der Waals surface area contributed by atoms with E-state index in [1.54, 1.807) is 0 Å². The van der Waals surface area contributed by atoms with Crippen LogP contribution in [0.15, 0.2) is 0 Å². The van der Waals surface area contributed by atoms with E-state index in [-0.39, 0.29) is 93.1 Å². The molecule has 0 bridgehead atoms. The Hall–Kier alpha value is -0.340. The topological polar surface area (TPSA) is 169 Å². The summed E-state index contributed by atoms with van der Waals surface area (Å²) in [5, 5.41) is 29.8. The maximum atomic E-state index is 9.96. The molecule has 0 aliphatic rings. The van der Waals surface area contributed by atoms with E-state index in [4.69, 9.17) is 0 Å². The second-order valence-corrected chi connectivity index (χ2v) is 4.10. The molecule has 2 aromatic rings. The van der Waals surface area contributed by atoms with Crippen molar-refractivity contribution in [1.29, 1.82) is 0 Å². The molecular formula is C8H8N6Na2O4S2. The molecule has 10 nitrogen and oxygen atoms in total. The Bertz CT molecular complexity index is 647. The first kappa shape index (κ1) is 23.9. The monoisotopic (exact) mass is 362 g/mol. The third kappa shape index (κ3) is 10.4. The fourth-order valence-electron chi connectivity index (χ4n) is 1.05. The quantitative estimate of drug-likeness (QED) is 0.307. The van der Waals surface area contributed by atoms with Gasteiger partial charge in [-0.1, -0.05) is 0 Å². The van der Waals surface area contributed by atoms with Crippen molar-refractivity contribution in [3.05, 3.63) is 21.2 Å². The molecule has 0 saturated carbocycles. The molecule has 0 radical (unpaired) electrons. The van der Waals surface area contributed by atoms with Crippen molar-refractivity contribution in [3.63, 3.8) is 0 Å². The van der Waals surface area contributed by atoms with E-state index < -0.39 is 11.9 Å². The first-order valence-electron chi connectivity index (χ1n) is 5.03. The van der Waals surface area contributed by atoms with Crippen LogP contribution >= 0.6 is 24.4 Å². The average Bonchev–Trinajstić information content (AvgIpc) is 2.87. The predicted octanol–water partition coefficient (Wildman–Crippen LogP) is -8.47. The summed E-state index contributed by atoms with van der Waals surface area (Å²) in [6.45, 7) is 0. The van der Waals surface area contributed by atoms with E-state index in [9.17, 15) is 19.8 Å². The Morgan fingerprint density at radius 3 is 1.32 bits per heavy atom. The smallest absolute Gasteiger partial charge is 0.550 e. The third-order valence-corrected chi connectivity index (χ3v) is 2.11. The van der Waals surface area contributed by atoms with Gasteiger partial charge in [0.2, 0.25) is 9.54 Å². The number of carbonyl (C=O) groups is 2. The van der Waals surface area contributed by atoms with Crippen LogP contribution in [0.2, 0.25) is 0 Å². The van der Waals surface area contributed by atoms with Crippen molar-refractivity contribution < 1.29 is 78.9 Å². The molecule has 0 aromatic carbocycles. The minimum absolute atomic E-state index is 0. The van der Waals surface area contributed by atoms with Gasteiger partial charge < -0.3 is 19.8 Å². The number of carboxylic acids is 2. The zero-order valence-electron chi connectivity index (χ0n) is 11.8. The van der Waals surface area contributed by atoms with Gasteiger partial charge in [-0.3, -0.25) is 20.4 Å². The van der Waals surface area contributed by atoms with Gasteiger partial charge in [-0.05, 0) is 24.4 Å². The van der Waals surface area contributed by atoms with Gasteiger partial charge in [0.25, 0.3) is 0 Å². The van der Waals surface area contributed by atoms with Gasteiger partial charge in [0, 0.05) is 24.8 Å². The maximum Gasteiger partial charge on any atom is 1.00 e. The summed E-state index contributed by atoms with van der Waals surface area (Å²) in [7, 11) is 0. The second kappa shape index (κ2) is 12.1. The van der Waals surface area contributed by atoms with Gasteiger partial charge >= 0.3 is 59.1 Å². The number of aromatic amines is 4. The summed E-state index contributed by atoms with van der Waals surface area (Å²) >= 11 is 9.15. The average molecular weight is 362 g/mol. The van der Waals surface area contributed by atoms with E-state index in [0.717, 1.165) is 0 Å². The molecule has 108 valence electrons. The number of nitrogens with zero attached hydrogens (tertiary/aromatic N) is 2. The van der Waals surface area contributed by atoms with Crippen LogP contribution in [0.1, 0.15) is 11.6 Å². The molecule has 2 rings (SSSR count). The zero-order valence-corrected chi connectivity index (χ0v) is 17.4. The van der Waals surface area contributed by atoms with Gasteiger partial charge in [-0.25, -0.2) is 9.97 Å². The van der Waals surface area contributed by atoms with Gasteiger partial charge in [-0.15, -0.1) is 0 Å². The van der Waals surface area contributed by atoms with Crippen LogP contribution in [0.3, 0.4) is 0 Å². The van der Waals surface area contributed by atoms with Crippen LogP contribution in [0, 0.1) is 9.54 Å². The molecule has 0 saturated heterocycles. The SMILES string of the molecule is O=C([O-])Cc1nc(=S)[nH][nH]1.O=C([O-])Cc1nc(=S)[nH][nH]1.[Na+].[Na+]. The molecule has 4 N–H and O–H groups in total. The summed E-state index contributed by atoms with van der Waals surface area (Å²) in [4.78, 5) is 27.2. The van der Waals surface area contributed by atoms with Gasteiger partial charge in [0.1, 0.15) is 11.6 Å². The summed E-state index contributed by atoms with van der Waals surface area (Å²) in [5.74, 6) is -1.80. The number of aliphatic carboxylic acids is 2. The van der Waals surface area contributed by atoms with Crippen LogP contribution in [-0.2, 0) is 22.4 Å². The number of hydrogen-bond acceptors (Lipinski definition) is 8. The van der Waals surface area contributed by atoms with Gasteiger partial charge in [0.05, 0.1) is 0 Å². The Morgan fingerprint density at radius 1 is 0.818 bits per heavy atom. The number of carbonyl (C=O) groups excluding carboxylic acids is 2. The first-order chi connectivity index (χ1) is 9.36. The Balaban J connectivity index is 0. The largest absolute Gasteiger partial charge is 1.00 e. The molecule has 0 amide bonds. The van der Waals surface area contributed by atoms with Crippen molar-refractivity contribution in [2.24, 2.45) is 0 Å². The molecule has 0 aliphatic carbocycles. The standard InChI is InChI=1S/2C4H5N3O2S.2Na/c2*8-3(9)1-2-5-4(10)7-6-2;;/h2*1H2,(H,8,9)(H2,5,6,7,10);;/q;;2*+1/p-2. The van der Waals surface area contributed by atoms with Crippen molar-refractivity contribution in [1.82, 2.24) is 30.4 Å². The van der Waals surface area contributed by atoms with E-state index >= 15 is 0 Å². The van der Waals surface area contributed by atoms with E-state index in [2.05, 4.69) is 54.8 Å². The molecule has 0 unspecified atom stereocenters. The normalized spacial score (nSPS) is 8.73. The number of nitrogens with one attached hydrogen (secondary N) is 4. The number of aromatic nitrogens is 6. The van der Waals surface area contributed by atoms with Crippen LogP contribution in [0.5, 0.6) is 0 Å². The Morgan fingerprint density at radius 2 is 1.14 bits per heavy atom. The molecule has 0 atom stereocenters. The molecule has 22 heavy (non-hydrogen) atoms. The zero-order chi connectivity index (χ0) is 15.1. The second-order valence-electron chi connectivity index (χ2n) is 3.32. The van der Waals surface area contributed by atoms with Crippen LogP contribution < -0.4 is 69.3 Å². The molecule has 0 spiro atoms. The van der Waals surface area contributed by atoms with E-state index in [1.807, 2.05) is 0 Å². The fraction of sp³-hybridized carbons (Fsp3) is 0.250. The Kier molecular flexibility index (Phi) is 13.2. The first-order valence-corrected chi connectivity index (χ1v) is 5.85. The minimum atomic E-state index is -1.18. The summed E-state index contributed by atoms with van der Waals surface area (Å²) in [6.07, 6.45) is -0.486. The molecule has 0 fully saturated rings. The summed E-state index contributed by atoms with van der Waals surface area (Å²) in [5.41, 5.74) is 0. The molecular weight excluding hydrogens is 354 g/mol. The number of H-pyrrole nitrogens is 4. The van der Waals surface area contributed by atoms with Gasteiger partial charge in [0.15, 0.2) is 0 Å². The number of rotatable bonds is 4. The summed E-state index contributed by atoms with van der Waals surface area (Å²) < 4.78 is 0.493. The van der Waals surface area contributed by atoms with Crippen molar-refractivity contribution in [2.75, 3.05) is 0 Å². The van der Waals surface area contributed by atoms with Crippen molar-refractivity contribution in [2.45, 2.75) is 12.8 Å². The Labute approximate surface area is 178 Å². The van der Waals surface area contributed by atoms with Crippen LogP contribution in [0.4, 0.5) is 0 Å². The molecule has 2 aromatic heterocycles. The maximum absolute atomic E-state index is 9.96. The van der Waals surface area contributed by atoms with Crippen molar-refractivity contribution in [3.8, 4) is 0 Å². The van der Waals surface area contributed by atoms with Gasteiger partial charge in [-0.2, -0.15) is 0 Å². The number of carboxylic acid groups (broad SMARTS) is 2. The van der Waals surface area contributed by atoms with Crippen LogP contribution in [-0.4, -0.2) is 42.3 Å². The van der Waals surface area contributed by atoms with E-state index in [1.165, 1.54) is 0 Å². The van der Waals surface area contributed by atoms with Crippen molar-refractivity contribution >= 4 is 36.4 Å².